The lowest BCUT2D eigenvalue weighted by Gasteiger charge is -2.34. The number of hydrogen-bond acceptors (Lipinski definition) is 2. The molecular formula is C16H32N2O. The molecule has 0 spiro atoms. The molecule has 1 fully saturated rings. The first-order valence-electron chi connectivity index (χ1n) is 7.94. The van der Waals surface area contributed by atoms with Crippen LogP contribution in [0.2, 0.25) is 0 Å². The molecule has 3 heteroatoms. The highest BCUT2D eigenvalue weighted by atomic mass is 16.2. The summed E-state index contributed by atoms with van der Waals surface area (Å²) in [4.78, 5) is 11.9. The molecule has 0 bridgehead atoms. The predicted octanol–water partition coefficient (Wildman–Crippen LogP) is 3.10. The first-order chi connectivity index (χ1) is 8.93. The van der Waals surface area contributed by atoms with Gasteiger partial charge in [0.2, 0.25) is 5.91 Å². The first kappa shape index (κ1) is 16.5. The fourth-order valence-electron chi connectivity index (χ4n) is 2.71. The average Bonchev–Trinajstić information content (AvgIpc) is 2.36. The lowest BCUT2D eigenvalue weighted by atomic mass is 9.75. The minimum atomic E-state index is -0.0779. The minimum absolute atomic E-state index is 0.0779. The Kier molecular flexibility index (Phi) is 6.84. The van der Waals surface area contributed by atoms with Crippen LogP contribution >= 0.6 is 0 Å². The zero-order chi connectivity index (χ0) is 14.3. The van der Waals surface area contributed by atoms with E-state index in [4.69, 9.17) is 0 Å². The second-order valence-electron chi connectivity index (χ2n) is 6.95. The van der Waals surface area contributed by atoms with Gasteiger partial charge in [-0.05, 0) is 37.5 Å². The number of carbonyl (C=O) groups excluding carboxylic acids is 1. The summed E-state index contributed by atoms with van der Waals surface area (Å²) >= 11 is 0. The number of nitrogens with one attached hydrogen (secondary N) is 2. The smallest absolute Gasteiger partial charge is 0.236 e. The average molecular weight is 268 g/mol. The van der Waals surface area contributed by atoms with Gasteiger partial charge < -0.3 is 10.6 Å². The molecule has 2 N–H and O–H groups in total. The van der Waals surface area contributed by atoms with Crippen molar-refractivity contribution in [3.63, 3.8) is 0 Å². The Morgan fingerprint density at radius 1 is 1.16 bits per heavy atom. The summed E-state index contributed by atoms with van der Waals surface area (Å²) < 4.78 is 0. The molecule has 3 nitrogen and oxygen atoms in total. The van der Waals surface area contributed by atoms with Gasteiger partial charge in [-0.25, -0.2) is 0 Å². The highest BCUT2D eigenvalue weighted by Crippen LogP contribution is 2.34. The van der Waals surface area contributed by atoms with Gasteiger partial charge in [0.1, 0.15) is 0 Å². The monoisotopic (exact) mass is 268 g/mol. The third-order valence-corrected chi connectivity index (χ3v) is 4.31. The fourth-order valence-corrected chi connectivity index (χ4v) is 2.71. The van der Waals surface area contributed by atoms with Crippen molar-refractivity contribution in [3.05, 3.63) is 0 Å². The maximum Gasteiger partial charge on any atom is 0.236 e. The van der Waals surface area contributed by atoms with Crippen molar-refractivity contribution in [2.45, 2.75) is 72.3 Å². The van der Waals surface area contributed by atoms with Gasteiger partial charge >= 0.3 is 0 Å². The van der Waals surface area contributed by atoms with E-state index in [1.807, 2.05) is 6.92 Å². The van der Waals surface area contributed by atoms with E-state index in [2.05, 4.69) is 31.4 Å². The first-order valence-corrected chi connectivity index (χ1v) is 7.94. The molecule has 0 heterocycles. The molecule has 112 valence electrons. The molecule has 1 aliphatic carbocycles. The molecule has 0 saturated heterocycles. The second kappa shape index (κ2) is 7.88. The third kappa shape index (κ3) is 6.42. The number of rotatable bonds is 7. The number of carbonyl (C=O) groups is 1. The maximum atomic E-state index is 11.9. The van der Waals surface area contributed by atoms with Crippen LogP contribution in [0.25, 0.3) is 0 Å². The van der Waals surface area contributed by atoms with E-state index < -0.39 is 0 Å². The molecule has 0 radical (unpaired) electrons. The Bertz CT molecular complexity index is 270. The van der Waals surface area contributed by atoms with E-state index >= 15 is 0 Å². The molecule has 0 aromatic rings. The highest BCUT2D eigenvalue weighted by molar-refractivity contribution is 5.81. The van der Waals surface area contributed by atoms with Crippen LogP contribution < -0.4 is 10.6 Å². The molecule has 1 amide bonds. The summed E-state index contributed by atoms with van der Waals surface area (Å²) in [6, 6.07) is -0.0779. The lowest BCUT2D eigenvalue weighted by molar-refractivity contribution is -0.122. The Labute approximate surface area is 118 Å². The molecule has 1 atom stereocenters. The number of hydrogen-bond donors (Lipinski definition) is 2. The molecule has 1 aliphatic rings. The Balaban J connectivity index is 2.22. The molecule has 1 saturated carbocycles. The maximum absolute atomic E-state index is 11.9. The van der Waals surface area contributed by atoms with Gasteiger partial charge in [-0.1, -0.05) is 40.0 Å². The number of amides is 1. The van der Waals surface area contributed by atoms with E-state index in [1.165, 1.54) is 32.1 Å². The summed E-state index contributed by atoms with van der Waals surface area (Å²) in [5.74, 6) is 0.782. The van der Waals surface area contributed by atoms with Gasteiger partial charge in [-0.15, -0.1) is 0 Å². The van der Waals surface area contributed by atoms with E-state index in [-0.39, 0.29) is 11.9 Å². The van der Waals surface area contributed by atoms with Crippen LogP contribution in [-0.4, -0.2) is 25.0 Å². The second-order valence-corrected chi connectivity index (χ2v) is 6.95. The highest BCUT2D eigenvalue weighted by Gasteiger charge is 2.27. The van der Waals surface area contributed by atoms with E-state index in [0.717, 1.165) is 19.5 Å². The molecule has 0 aliphatic heterocycles. The predicted molar refractivity (Wildman–Crippen MR) is 81.1 cm³/mol. The summed E-state index contributed by atoms with van der Waals surface area (Å²) in [5.41, 5.74) is 0.394. The van der Waals surface area contributed by atoms with Crippen molar-refractivity contribution in [1.82, 2.24) is 10.6 Å². The van der Waals surface area contributed by atoms with Crippen molar-refractivity contribution < 1.29 is 4.79 Å². The zero-order valence-corrected chi connectivity index (χ0v) is 13.2. The lowest BCUT2D eigenvalue weighted by Crippen LogP contribution is -2.46. The van der Waals surface area contributed by atoms with E-state index in [1.54, 1.807) is 0 Å². The minimum Gasteiger partial charge on any atom is -0.355 e. The summed E-state index contributed by atoms with van der Waals surface area (Å²) in [6.45, 7) is 10.4. The van der Waals surface area contributed by atoms with Crippen molar-refractivity contribution in [1.29, 1.82) is 0 Å². The fraction of sp³-hybridized carbons (Fsp3) is 0.938. The van der Waals surface area contributed by atoms with Crippen LogP contribution in [0, 0.1) is 11.3 Å². The van der Waals surface area contributed by atoms with Crippen LogP contribution in [0.3, 0.4) is 0 Å². The van der Waals surface area contributed by atoms with Crippen LogP contribution in [0.4, 0.5) is 0 Å². The molecule has 19 heavy (non-hydrogen) atoms. The van der Waals surface area contributed by atoms with Gasteiger partial charge in [-0.3, -0.25) is 4.79 Å². The normalized spacial score (nSPS) is 20.3. The Morgan fingerprint density at radius 2 is 1.79 bits per heavy atom. The molecule has 0 aromatic heterocycles. The van der Waals surface area contributed by atoms with Gasteiger partial charge in [0.25, 0.3) is 0 Å². The van der Waals surface area contributed by atoms with Gasteiger partial charge in [-0.2, -0.15) is 0 Å². The molecule has 1 unspecified atom stereocenters. The van der Waals surface area contributed by atoms with Gasteiger partial charge in [0.15, 0.2) is 0 Å². The van der Waals surface area contributed by atoms with Crippen molar-refractivity contribution in [3.8, 4) is 0 Å². The third-order valence-electron chi connectivity index (χ3n) is 4.31. The van der Waals surface area contributed by atoms with Crippen molar-refractivity contribution in [2.24, 2.45) is 11.3 Å². The van der Waals surface area contributed by atoms with Crippen LogP contribution in [0.5, 0.6) is 0 Å². The van der Waals surface area contributed by atoms with Gasteiger partial charge in [0.05, 0.1) is 6.04 Å². The topological polar surface area (TPSA) is 41.1 Å². The Hall–Kier alpha value is -0.570. The van der Waals surface area contributed by atoms with Crippen LogP contribution in [-0.2, 0) is 4.79 Å². The summed E-state index contributed by atoms with van der Waals surface area (Å²) in [5, 5.41) is 6.43. The van der Waals surface area contributed by atoms with E-state index in [0.29, 0.717) is 11.3 Å². The molecule has 0 aromatic carbocycles. The quantitative estimate of drug-likeness (QED) is 0.745. The molecule has 1 rings (SSSR count). The molecular weight excluding hydrogens is 236 g/mol. The summed E-state index contributed by atoms with van der Waals surface area (Å²) in [7, 11) is 0. The van der Waals surface area contributed by atoms with Gasteiger partial charge in [0, 0.05) is 13.1 Å². The largest absolute Gasteiger partial charge is 0.355 e. The van der Waals surface area contributed by atoms with Crippen molar-refractivity contribution in [2.75, 3.05) is 13.1 Å². The van der Waals surface area contributed by atoms with Crippen molar-refractivity contribution >= 4 is 5.91 Å². The van der Waals surface area contributed by atoms with E-state index in [9.17, 15) is 4.79 Å². The standard InChI is InChI=1S/C16H32N2O/c1-13(2)8-11-17-15(19)14(3)18-12-16(4)9-6-5-7-10-16/h13-14,18H,5-12H2,1-4H3,(H,17,19). The van der Waals surface area contributed by atoms with Crippen LogP contribution in [0.1, 0.15) is 66.2 Å². The van der Waals surface area contributed by atoms with Crippen LogP contribution in [0.15, 0.2) is 0 Å². The zero-order valence-electron chi connectivity index (χ0n) is 13.2. The SMILES string of the molecule is CC(C)CCNC(=O)C(C)NCC1(C)CCCCC1. The Morgan fingerprint density at radius 3 is 2.37 bits per heavy atom. The summed E-state index contributed by atoms with van der Waals surface area (Å²) in [6.07, 6.45) is 7.70.